The van der Waals surface area contributed by atoms with E-state index in [4.69, 9.17) is 0 Å². The monoisotopic (exact) mass is 461 g/mol. The molecule has 3 heterocycles. The Kier molecular flexibility index (Phi) is 4.23. The summed E-state index contributed by atoms with van der Waals surface area (Å²) in [5.41, 5.74) is 0.429. The summed E-state index contributed by atoms with van der Waals surface area (Å²) in [6, 6.07) is 12.4. The van der Waals surface area contributed by atoms with Gasteiger partial charge in [0.05, 0.1) is 29.1 Å². The number of hydrogen-bond acceptors (Lipinski definition) is 6. The molecule has 4 unspecified atom stereocenters. The van der Waals surface area contributed by atoms with Crippen LogP contribution in [0.25, 0.3) is 10.8 Å². The number of benzene rings is 3. The number of anilines is 1. The minimum atomic E-state index is -0.796. The predicted molar refractivity (Wildman–Crippen MR) is 118 cm³/mol. The van der Waals surface area contributed by atoms with Crippen molar-refractivity contribution >= 4 is 39.9 Å². The average Bonchev–Trinajstić information content (AvgIpc) is 3.47. The summed E-state index contributed by atoms with van der Waals surface area (Å²) in [4.78, 5) is 54.9. The number of urea groups is 1. The van der Waals surface area contributed by atoms with Crippen LogP contribution in [-0.2, 0) is 4.79 Å². The number of Topliss-reactive ketones (excluding diaryl/α,β-unsaturated/α-hetero) is 1. The van der Waals surface area contributed by atoms with E-state index in [0.29, 0.717) is 23.9 Å². The smallest absolute Gasteiger partial charge is 0.287 e. The lowest BCUT2D eigenvalue weighted by atomic mass is 9.99. The first-order valence-electron chi connectivity index (χ1n) is 10.8. The Labute approximate surface area is 192 Å². The molecule has 3 aromatic rings. The highest BCUT2D eigenvalue weighted by atomic mass is 19.1. The molecule has 0 saturated carbocycles. The zero-order chi connectivity index (χ0) is 23.8. The molecule has 3 amide bonds. The van der Waals surface area contributed by atoms with E-state index in [1.165, 1.54) is 36.4 Å². The van der Waals surface area contributed by atoms with Gasteiger partial charge >= 0.3 is 6.03 Å². The standard InChI is InChI=1S/C24H18FN4O5/c25-15-7-5-14(6-8-15)22(30)20-11-26-12-21-23(31)27(24(32)29(20,21)13-26)18-9-10-19(28(33)34)17-4-2-1-3-16(17)18/h1-10,20-21H,11-13H2/q+1. The zero-order valence-electron chi connectivity index (χ0n) is 17.8. The molecular formula is C24H18FN4O5+. The number of carbonyl (C=O) groups is 3. The number of nitro benzene ring substituents is 1. The summed E-state index contributed by atoms with van der Waals surface area (Å²) in [5, 5.41) is 12.2. The molecule has 3 aliphatic heterocycles. The molecule has 4 atom stereocenters. The molecule has 0 aromatic heterocycles. The maximum Gasteiger partial charge on any atom is 0.433 e. The van der Waals surface area contributed by atoms with Gasteiger partial charge in [0, 0.05) is 17.0 Å². The minimum absolute atomic E-state index is 0.123. The number of amides is 3. The summed E-state index contributed by atoms with van der Waals surface area (Å²) < 4.78 is 13.0. The highest BCUT2D eigenvalue weighted by molar-refractivity contribution is 6.23. The Morgan fingerprint density at radius 1 is 1.00 bits per heavy atom. The van der Waals surface area contributed by atoms with E-state index in [1.54, 1.807) is 24.3 Å². The third-order valence-electron chi connectivity index (χ3n) is 7.21. The number of ketones is 1. The number of quaternary nitrogens is 1. The number of imide groups is 1. The van der Waals surface area contributed by atoms with Crippen molar-refractivity contribution in [3.05, 3.63) is 82.2 Å². The fraction of sp³-hybridized carbons (Fsp3) is 0.208. The van der Waals surface area contributed by atoms with E-state index in [1.807, 2.05) is 4.90 Å². The van der Waals surface area contributed by atoms with Gasteiger partial charge in [-0.15, -0.1) is 0 Å². The van der Waals surface area contributed by atoms with Gasteiger partial charge in [0.15, 0.2) is 12.1 Å². The van der Waals surface area contributed by atoms with Gasteiger partial charge in [-0.1, -0.05) is 18.2 Å². The molecule has 3 fully saturated rings. The van der Waals surface area contributed by atoms with Crippen molar-refractivity contribution < 1.29 is 28.2 Å². The largest absolute Gasteiger partial charge is 0.433 e. The molecular weight excluding hydrogens is 443 g/mol. The van der Waals surface area contributed by atoms with Gasteiger partial charge in [-0.25, -0.2) is 18.6 Å². The van der Waals surface area contributed by atoms with E-state index in [9.17, 15) is 28.9 Å². The van der Waals surface area contributed by atoms with Crippen LogP contribution in [0.1, 0.15) is 10.4 Å². The van der Waals surface area contributed by atoms with E-state index in [0.717, 1.165) is 4.90 Å². The fourth-order valence-corrected chi connectivity index (χ4v) is 5.69. The van der Waals surface area contributed by atoms with Crippen molar-refractivity contribution in [2.24, 2.45) is 0 Å². The molecule has 0 N–H and O–H groups in total. The van der Waals surface area contributed by atoms with Gasteiger partial charge < -0.3 is 0 Å². The van der Waals surface area contributed by atoms with E-state index in [2.05, 4.69) is 0 Å². The molecule has 3 aliphatic rings. The molecule has 3 saturated heterocycles. The summed E-state index contributed by atoms with van der Waals surface area (Å²) in [7, 11) is 0. The third-order valence-corrected chi connectivity index (χ3v) is 7.21. The van der Waals surface area contributed by atoms with E-state index >= 15 is 0 Å². The Hall–Kier alpha value is -4.02. The fourth-order valence-electron chi connectivity index (χ4n) is 5.69. The van der Waals surface area contributed by atoms with E-state index in [-0.39, 0.29) is 33.9 Å². The van der Waals surface area contributed by atoms with Crippen LogP contribution in [0.4, 0.5) is 20.6 Å². The number of non-ortho nitro benzene ring substituents is 1. The number of rotatable bonds is 4. The van der Waals surface area contributed by atoms with Crippen LogP contribution in [0.2, 0.25) is 0 Å². The van der Waals surface area contributed by atoms with Crippen LogP contribution < -0.4 is 4.90 Å². The Morgan fingerprint density at radius 2 is 1.71 bits per heavy atom. The zero-order valence-corrected chi connectivity index (χ0v) is 17.8. The van der Waals surface area contributed by atoms with Gasteiger partial charge in [-0.05, 0) is 36.4 Å². The molecule has 0 aliphatic carbocycles. The summed E-state index contributed by atoms with van der Waals surface area (Å²) in [6.45, 7) is 0.897. The number of nitrogens with zero attached hydrogens (tertiary/aromatic N) is 4. The number of nitro groups is 1. The van der Waals surface area contributed by atoms with Gasteiger partial charge in [-0.2, -0.15) is 4.90 Å². The summed E-state index contributed by atoms with van der Waals surface area (Å²) in [5.74, 6) is -1.21. The normalized spacial score (nSPS) is 27.4. The Morgan fingerprint density at radius 3 is 2.41 bits per heavy atom. The first-order chi connectivity index (χ1) is 16.3. The van der Waals surface area contributed by atoms with Gasteiger partial charge in [-0.3, -0.25) is 19.7 Å². The topological polar surface area (TPSA) is 101 Å². The SMILES string of the molecule is O=C(c1ccc(F)cc1)C1CN2CC3C(=O)N(c4ccc([N+](=O)[O-])c5ccccc45)C(=O)[N+]13C2. The minimum Gasteiger partial charge on any atom is -0.287 e. The lowest BCUT2D eigenvalue weighted by molar-refractivity contribution is -0.852. The number of hydrogen-bond donors (Lipinski definition) is 0. The molecule has 34 heavy (non-hydrogen) atoms. The van der Waals surface area contributed by atoms with Crippen molar-refractivity contribution in [2.45, 2.75) is 12.1 Å². The first-order valence-corrected chi connectivity index (χ1v) is 10.8. The highest BCUT2D eigenvalue weighted by Gasteiger charge is 2.73. The van der Waals surface area contributed by atoms with Crippen LogP contribution >= 0.6 is 0 Å². The van der Waals surface area contributed by atoms with Gasteiger partial charge in [0.25, 0.3) is 11.6 Å². The molecule has 170 valence electrons. The van der Waals surface area contributed by atoms with Crippen molar-refractivity contribution in [1.82, 2.24) is 4.90 Å². The average molecular weight is 461 g/mol. The van der Waals surface area contributed by atoms with Crippen molar-refractivity contribution in [3.8, 4) is 0 Å². The molecule has 9 nitrogen and oxygen atoms in total. The molecule has 0 radical (unpaired) electrons. The molecule has 2 bridgehead atoms. The predicted octanol–water partition coefficient (Wildman–Crippen LogP) is 3.08. The number of carbonyl (C=O) groups excluding carboxylic acids is 3. The first kappa shape index (κ1) is 20.6. The Bertz CT molecular complexity index is 1420. The second-order valence-corrected chi connectivity index (χ2v) is 8.87. The second kappa shape index (κ2) is 6.99. The highest BCUT2D eigenvalue weighted by Crippen LogP contribution is 2.46. The molecule has 1 spiro atoms. The maximum absolute atomic E-state index is 13.9. The lowest BCUT2D eigenvalue weighted by Crippen LogP contribution is -2.62. The van der Waals surface area contributed by atoms with Crippen LogP contribution in [0, 0.1) is 15.9 Å². The molecule has 6 rings (SSSR count). The van der Waals surface area contributed by atoms with Crippen molar-refractivity contribution in [3.63, 3.8) is 0 Å². The quantitative estimate of drug-likeness (QED) is 0.195. The van der Waals surface area contributed by atoms with Crippen molar-refractivity contribution in [1.29, 1.82) is 0 Å². The van der Waals surface area contributed by atoms with Gasteiger partial charge in [0.2, 0.25) is 5.78 Å². The van der Waals surface area contributed by atoms with Crippen molar-refractivity contribution in [2.75, 3.05) is 24.7 Å². The maximum atomic E-state index is 13.9. The lowest BCUT2D eigenvalue weighted by Gasteiger charge is -2.32. The number of fused-ring (bicyclic) bond motifs is 2. The van der Waals surface area contributed by atoms with Crippen LogP contribution in [0.15, 0.2) is 60.7 Å². The third kappa shape index (κ3) is 2.57. The molecule has 10 heteroatoms. The molecule has 3 aromatic carbocycles. The Balaban J connectivity index is 1.46. The van der Waals surface area contributed by atoms with Crippen LogP contribution in [0.3, 0.4) is 0 Å². The number of piperazine rings is 1. The number of halogens is 1. The summed E-state index contributed by atoms with van der Waals surface area (Å²) in [6.07, 6.45) is 0. The van der Waals surface area contributed by atoms with E-state index < -0.39 is 34.8 Å². The van der Waals surface area contributed by atoms with Crippen LogP contribution in [0.5, 0.6) is 0 Å². The van der Waals surface area contributed by atoms with Gasteiger partial charge in [0.1, 0.15) is 12.5 Å². The summed E-state index contributed by atoms with van der Waals surface area (Å²) >= 11 is 0. The second-order valence-electron chi connectivity index (χ2n) is 8.87. The van der Waals surface area contributed by atoms with Crippen LogP contribution in [-0.4, -0.2) is 63.9 Å².